The molecule has 22 heavy (non-hydrogen) atoms. The van der Waals surface area contributed by atoms with Gasteiger partial charge in [0.05, 0.1) is 5.69 Å². The first-order chi connectivity index (χ1) is 10.5. The fraction of sp³-hybridized carbons (Fsp3) is 0.529. The predicted octanol–water partition coefficient (Wildman–Crippen LogP) is 2.10. The Morgan fingerprint density at radius 2 is 2.05 bits per heavy atom. The maximum atomic E-state index is 11.8. The molecule has 0 spiro atoms. The largest absolute Gasteiger partial charge is 0.319 e. The zero-order chi connectivity index (χ0) is 15.7. The third-order valence-electron chi connectivity index (χ3n) is 4.85. The Morgan fingerprint density at radius 1 is 1.32 bits per heavy atom. The number of hydrogen-bond acceptors (Lipinski definition) is 3. The van der Waals surface area contributed by atoms with Crippen molar-refractivity contribution < 1.29 is 0 Å². The lowest BCUT2D eigenvalue weighted by molar-refractivity contribution is 0.204. The second-order valence-electron chi connectivity index (χ2n) is 6.37. The molecule has 3 rings (SSSR count). The molecule has 0 radical (unpaired) electrons. The lowest BCUT2D eigenvalue weighted by Crippen LogP contribution is -2.33. The molecule has 118 valence electrons. The minimum Gasteiger partial charge on any atom is -0.319 e. The van der Waals surface area contributed by atoms with Crippen molar-refractivity contribution in [2.24, 2.45) is 7.05 Å². The van der Waals surface area contributed by atoms with Gasteiger partial charge in [0.25, 0.3) is 5.56 Å². The van der Waals surface area contributed by atoms with Crippen LogP contribution in [-0.2, 0) is 13.6 Å². The highest BCUT2D eigenvalue weighted by molar-refractivity contribution is 5.23. The molecule has 0 unspecified atom stereocenters. The van der Waals surface area contributed by atoms with Crippen molar-refractivity contribution in [3.8, 4) is 0 Å². The van der Waals surface area contributed by atoms with Crippen LogP contribution in [0.2, 0.25) is 0 Å². The molecular weight excluding hydrogens is 276 g/mol. The molecule has 1 aliphatic rings. The van der Waals surface area contributed by atoms with Gasteiger partial charge >= 0.3 is 0 Å². The van der Waals surface area contributed by atoms with Crippen LogP contribution in [0.5, 0.6) is 0 Å². The van der Waals surface area contributed by atoms with Gasteiger partial charge in [-0.1, -0.05) is 0 Å². The van der Waals surface area contributed by atoms with Crippen molar-refractivity contribution >= 4 is 0 Å². The zero-order valence-corrected chi connectivity index (χ0v) is 13.6. The Hall–Kier alpha value is -1.88. The number of pyridine rings is 1. The second kappa shape index (κ2) is 6.08. The maximum absolute atomic E-state index is 11.8. The number of piperidine rings is 1. The van der Waals surface area contributed by atoms with E-state index in [1.165, 1.54) is 16.8 Å². The molecule has 1 aliphatic heterocycles. The number of aryl methyl sites for hydroxylation is 3. The monoisotopic (exact) mass is 300 g/mol. The zero-order valence-electron chi connectivity index (χ0n) is 13.6. The summed E-state index contributed by atoms with van der Waals surface area (Å²) in [6.07, 6.45) is 4.11. The maximum Gasteiger partial charge on any atom is 0.250 e. The van der Waals surface area contributed by atoms with Crippen molar-refractivity contribution in [2.75, 3.05) is 13.1 Å². The standard InChI is InChI=1S/C17H24N4O/c1-12-16(13(2)19-18-12)11-21-8-5-14(6-9-21)15-4-7-20(3)17(22)10-15/h4,7,10,14H,5-6,8-9,11H2,1-3H3,(H,18,19). The van der Waals surface area contributed by atoms with Gasteiger partial charge in [0.2, 0.25) is 0 Å². The van der Waals surface area contributed by atoms with E-state index in [0.29, 0.717) is 5.92 Å². The highest BCUT2D eigenvalue weighted by Crippen LogP contribution is 2.28. The summed E-state index contributed by atoms with van der Waals surface area (Å²) in [7, 11) is 1.80. The number of aromatic amines is 1. The van der Waals surface area contributed by atoms with Crippen molar-refractivity contribution in [1.82, 2.24) is 19.7 Å². The molecule has 1 fully saturated rings. The van der Waals surface area contributed by atoms with Gasteiger partial charge in [-0.2, -0.15) is 5.10 Å². The number of nitrogens with zero attached hydrogens (tertiary/aromatic N) is 3. The van der Waals surface area contributed by atoms with Crippen LogP contribution in [0.25, 0.3) is 0 Å². The topological polar surface area (TPSA) is 53.9 Å². The highest BCUT2D eigenvalue weighted by atomic mass is 16.1. The van der Waals surface area contributed by atoms with Gasteiger partial charge in [-0.15, -0.1) is 0 Å². The summed E-state index contributed by atoms with van der Waals surface area (Å²) in [5, 5.41) is 7.33. The summed E-state index contributed by atoms with van der Waals surface area (Å²) in [5.74, 6) is 0.511. The molecule has 0 atom stereocenters. The van der Waals surface area contributed by atoms with Crippen molar-refractivity contribution in [3.05, 3.63) is 51.2 Å². The number of aromatic nitrogens is 3. The molecule has 2 aromatic heterocycles. The van der Waals surface area contributed by atoms with Crippen LogP contribution in [0.4, 0.5) is 0 Å². The number of likely N-dealkylation sites (tertiary alicyclic amines) is 1. The normalized spacial score (nSPS) is 17.0. The lowest BCUT2D eigenvalue weighted by Gasteiger charge is -2.32. The van der Waals surface area contributed by atoms with E-state index >= 15 is 0 Å². The van der Waals surface area contributed by atoms with Crippen LogP contribution in [-0.4, -0.2) is 32.8 Å². The van der Waals surface area contributed by atoms with E-state index in [1.807, 2.05) is 6.20 Å². The molecule has 5 nitrogen and oxygen atoms in total. The summed E-state index contributed by atoms with van der Waals surface area (Å²) in [4.78, 5) is 14.3. The molecule has 0 amide bonds. The molecule has 1 saturated heterocycles. The van der Waals surface area contributed by atoms with Crippen LogP contribution in [0, 0.1) is 13.8 Å². The first kappa shape index (κ1) is 15.0. The van der Waals surface area contributed by atoms with Crippen molar-refractivity contribution in [1.29, 1.82) is 0 Å². The first-order valence-corrected chi connectivity index (χ1v) is 7.94. The van der Waals surface area contributed by atoms with Crippen molar-refractivity contribution in [3.63, 3.8) is 0 Å². The minimum absolute atomic E-state index is 0.0876. The lowest BCUT2D eigenvalue weighted by atomic mass is 9.90. The summed E-state index contributed by atoms with van der Waals surface area (Å²) >= 11 is 0. The van der Waals surface area contributed by atoms with Gasteiger partial charge in [-0.25, -0.2) is 0 Å². The average molecular weight is 300 g/mol. The third kappa shape index (κ3) is 2.99. The summed E-state index contributed by atoms with van der Waals surface area (Å²) in [5.41, 5.74) is 4.88. The van der Waals surface area contributed by atoms with E-state index in [4.69, 9.17) is 0 Å². The quantitative estimate of drug-likeness (QED) is 0.944. The minimum atomic E-state index is 0.0876. The van der Waals surface area contributed by atoms with Crippen LogP contribution in [0.1, 0.15) is 41.3 Å². The highest BCUT2D eigenvalue weighted by Gasteiger charge is 2.22. The molecule has 5 heteroatoms. The van der Waals surface area contributed by atoms with E-state index in [1.54, 1.807) is 17.7 Å². The Bertz CT molecular complexity index is 688. The molecule has 2 aromatic rings. The predicted molar refractivity (Wildman–Crippen MR) is 87.0 cm³/mol. The Kier molecular flexibility index (Phi) is 4.16. The number of nitrogens with one attached hydrogen (secondary N) is 1. The van der Waals surface area contributed by atoms with Crippen molar-refractivity contribution in [2.45, 2.75) is 39.2 Å². The molecule has 0 saturated carbocycles. The Balaban J connectivity index is 1.63. The summed E-state index contributed by atoms with van der Waals surface area (Å²) in [6, 6.07) is 3.89. The van der Waals surface area contributed by atoms with E-state index < -0.39 is 0 Å². The molecule has 0 aromatic carbocycles. The summed E-state index contributed by atoms with van der Waals surface area (Å²) < 4.78 is 1.63. The fourth-order valence-electron chi connectivity index (χ4n) is 3.27. The van der Waals surface area contributed by atoms with Crippen LogP contribution < -0.4 is 5.56 Å². The smallest absolute Gasteiger partial charge is 0.250 e. The van der Waals surface area contributed by atoms with Crippen LogP contribution in [0.3, 0.4) is 0 Å². The number of rotatable bonds is 3. The van der Waals surface area contributed by atoms with Gasteiger partial charge in [0.1, 0.15) is 0 Å². The van der Waals surface area contributed by atoms with Crippen LogP contribution >= 0.6 is 0 Å². The Morgan fingerprint density at radius 3 is 2.64 bits per heavy atom. The first-order valence-electron chi connectivity index (χ1n) is 7.94. The van der Waals surface area contributed by atoms with Gasteiger partial charge in [0.15, 0.2) is 0 Å². The van der Waals surface area contributed by atoms with Gasteiger partial charge in [0, 0.05) is 37.1 Å². The van der Waals surface area contributed by atoms with Gasteiger partial charge < -0.3 is 4.57 Å². The van der Waals surface area contributed by atoms with E-state index in [-0.39, 0.29) is 5.56 Å². The molecular formula is C17H24N4O. The second-order valence-corrected chi connectivity index (χ2v) is 6.37. The number of hydrogen-bond donors (Lipinski definition) is 1. The SMILES string of the molecule is Cc1n[nH]c(C)c1CN1CCC(c2ccn(C)c(=O)c2)CC1. The van der Waals surface area contributed by atoms with Crippen LogP contribution in [0.15, 0.2) is 23.1 Å². The summed E-state index contributed by atoms with van der Waals surface area (Å²) in [6.45, 7) is 7.26. The average Bonchev–Trinajstić information content (AvgIpc) is 2.83. The van der Waals surface area contributed by atoms with E-state index in [2.05, 4.69) is 35.0 Å². The Labute approximate surface area is 131 Å². The molecule has 0 bridgehead atoms. The molecule has 1 N–H and O–H groups in total. The third-order valence-corrected chi connectivity index (χ3v) is 4.85. The fourth-order valence-corrected chi connectivity index (χ4v) is 3.27. The molecule has 0 aliphatic carbocycles. The van der Waals surface area contributed by atoms with Gasteiger partial charge in [-0.3, -0.25) is 14.8 Å². The van der Waals surface area contributed by atoms with E-state index in [9.17, 15) is 4.79 Å². The molecule has 3 heterocycles. The van der Waals surface area contributed by atoms with E-state index in [0.717, 1.165) is 38.2 Å². The van der Waals surface area contributed by atoms with Gasteiger partial charge in [-0.05, 0) is 57.3 Å². The number of H-pyrrole nitrogens is 1.